The predicted octanol–water partition coefficient (Wildman–Crippen LogP) is -1.77. The summed E-state index contributed by atoms with van der Waals surface area (Å²) in [7, 11) is 0. The average Bonchev–Trinajstić information content (AvgIpc) is 2.56. The van der Waals surface area contributed by atoms with Gasteiger partial charge in [-0.15, -0.1) is 0 Å². The number of hydrogen-bond donors (Lipinski definition) is 3. The maximum absolute atomic E-state index is 11.7. The van der Waals surface area contributed by atoms with E-state index in [2.05, 4.69) is 4.98 Å². The van der Waals surface area contributed by atoms with Gasteiger partial charge >= 0.3 is 5.69 Å². The van der Waals surface area contributed by atoms with Crippen LogP contribution >= 0.6 is 0 Å². The number of aromatic nitrogens is 2. The Morgan fingerprint density at radius 3 is 2.74 bits per heavy atom. The van der Waals surface area contributed by atoms with Gasteiger partial charge in [-0.05, 0) is 12.5 Å². The average molecular weight is 269 g/mol. The Labute approximate surface area is 108 Å². The van der Waals surface area contributed by atoms with Gasteiger partial charge in [-0.1, -0.05) is 0 Å². The fourth-order valence-corrected chi connectivity index (χ4v) is 2.36. The molecule has 3 rings (SSSR count). The molecule has 2 fully saturated rings. The minimum absolute atomic E-state index is 0.0909. The molecule has 8 heteroatoms. The molecule has 1 aromatic rings. The Morgan fingerprint density at radius 1 is 1.42 bits per heavy atom. The molecule has 8 nitrogen and oxygen atoms in total. The van der Waals surface area contributed by atoms with E-state index >= 15 is 0 Å². The Kier molecular flexibility index (Phi) is 3.02. The molecule has 1 aromatic heterocycles. The summed E-state index contributed by atoms with van der Waals surface area (Å²) in [4.78, 5) is 15.3. The second-order valence-corrected chi connectivity index (χ2v) is 4.71. The molecule has 0 amide bonds. The molecule has 2 aliphatic heterocycles. The van der Waals surface area contributed by atoms with Crippen molar-refractivity contribution < 1.29 is 19.7 Å². The van der Waals surface area contributed by atoms with E-state index in [4.69, 9.17) is 15.2 Å². The van der Waals surface area contributed by atoms with Crippen LogP contribution in [0.15, 0.2) is 17.1 Å². The van der Waals surface area contributed by atoms with Crippen molar-refractivity contribution in [2.75, 3.05) is 12.3 Å². The largest absolute Gasteiger partial charge is 0.387 e. The van der Waals surface area contributed by atoms with E-state index in [9.17, 15) is 15.0 Å². The van der Waals surface area contributed by atoms with Crippen LogP contribution in [-0.2, 0) is 9.47 Å². The molecule has 2 saturated heterocycles. The molecule has 0 aromatic carbocycles. The molecule has 0 saturated carbocycles. The number of hydrogen-bond acceptors (Lipinski definition) is 7. The zero-order chi connectivity index (χ0) is 13.6. The van der Waals surface area contributed by atoms with Crippen LogP contribution < -0.4 is 11.4 Å². The molecular weight excluding hydrogens is 254 g/mol. The number of aliphatic hydroxyl groups is 2. The zero-order valence-electron chi connectivity index (χ0n) is 10.0. The zero-order valence-corrected chi connectivity index (χ0v) is 10.0. The van der Waals surface area contributed by atoms with Gasteiger partial charge in [0.25, 0.3) is 0 Å². The van der Waals surface area contributed by atoms with Gasteiger partial charge in [0.1, 0.15) is 24.1 Å². The van der Waals surface area contributed by atoms with Crippen molar-refractivity contribution in [1.29, 1.82) is 0 Å². The van der Waals surface area contributed by atoms with Crippen molar-refractivity contribution in [3.8, 4) is 0 Å². The van der Waals surface area contributed by atoms with Crippen LogP contribution in [0, 0.1) is 0 Å². The summed E-state index contributed by atoms with van der Waals surface area (Å²) in [5, 5.41) is 19.9. The lowest BCUT2D eigenvalue weighted by Crippen LogP contribution is -2.45. The lowest BCUT2D eigenvalue weighted by molar-refractivity contribution is -0.159. The minimum Gasteiger partial charge on any atom is -0.387 e. The molecule has 0 spiro atoms. The van der Waals surface area contributed by atoms with E-state index in [0.29, 0.717) is 6.61 Å². The SMILES string of the molecule is Nc1ccn([C@@H]2O[C@H](C3CCO3)[C@@H](O)[C@H]2O)c(=O)n1. The molecule has 5 atom stereocenters. The fraction of sp³-hybridized carbons (Fsp3) is 0.636. The fourth-order valence-electron chi connectivity index (χ4n) is 2.36. The summed E-state index contributed by atoms with van der Waals surface area (Å²) in [6.45, 7) is 0.612. The van der Waals surface area contributed by atoms with Gasteiger partial charge in [-0.25, -0.2) is 4.79 Å². The summed E-state index contributed by atoms with van der Waals surface area (Å²) in [5.74, 6) is 0.0909. The molecule has 3 heterocycles. The number of anilines is 1. The van der Waals surface area contributed by atoms with E-state index in [1.165, 1.54) is 12.3 Å². The lowest BCUT2D eigenvalue weighted by Gasteiger charge is -2.32. The Balaban J connectivity index is 1.86. The van der Waals surface area contributed by atoms with Crippen LogP contribution in [0.4, 0.5) is 5.82 Å². The maximum atomic E-state index is 11.7. The second-order valence-electron chi connectivity index (χ2n) is 4.71. The van der Waals surface area contributed by atoms with Crippen LogP contribution in [0.3, 0.4) is 0 Å². The molecule has 1 unspecified atom stereocenters. The molecule has 19 heavy (non-hydrogen) atoms. The minimum atomic E-state index is -1.21. The third-order valence-corrected chi connectivity index (χ3v) is 3.50. The first-order chi connectivity index (χ1) is 9.08. The van der Waals surface area contributed by atoms with Crippen LogP contribution in [0.1, 0.15) is 12.6 Å². The first-order valence-corrected chi connectivity index (χ1v) is 6.06. The highest BCUT2D eigenvalue weighted by Gasteiger charge is 2.49. The summed E-state index contributed by atoms with van der Waals surface area (Å²) in [6.07, 6.45) is -2.03. The third-order valence-electron chi connectivity index (χ3n) is 3.50. The van der Waals surface area contributed by atoms with Crippen molar-refractivity contribution in [2.45, 2.75) is 37.1 Å². The monoisotopic (exact) mass is 269 g/mol. The Morgan fingerprint density at radius 2 is 2.16 bits per heavy atom. The van der Waals surface area contributed by atoms with Crippen molar-refractivity contribution in [1.82, 2.24) is 9.55 Å². The topological polar surface area (TPSA) is 120 Å². The smallest absolute Gasteiger partial charge is 0.351 e. The summed E-state index contributed by atoms with van der Waals surface area (Å²) < 4.78 is 11.9. The van der Waals surface area contributed by atoms with Crippen LogP contribution in [0.25, 0.3) is 0 Å². The quantitative estimate of drug-likeness (QED) is 0.581. The maximum Gasteiger partial charge on any atom is 0.351 e. The van der Waals surface area contributed by atoms with Crippen LogP contribution in [0.5, 0.6) is 0 Å². The third kappa shape index (κ3) is 2.02. The molecule has 0 aliphatic carbocycles. The number of ether oxygens (including phenoxy) is 2. The van der Waals surface area contributed by atoms with Crippen molar-refractivity contribution in [2.24, 2.45) is 0 Å². The molecule has 0 bridgehead atoms. The van der Waals surface area contributed by atoms with E-state index in [1.54, 1.807) is 0 Å². The van der Waals surface area contributed by atoms with Crippen molar-refractivity contribution in [3.63, 3.8) is 0 Å². The van der Waals surface area contributed by atoms with E-state index in [0.717, 1.165) is 11.0 Å². The van der Waals surface area contributed by atoms with Gasteiger partial charge < -0.3 is 25.4 Å². The number of nitrogens with zero attached hydrogens (tertiary/aromatic N) is 2. The van der Waals surface area contributed by atoms with Gasteiger partial charge in [0.2, 0.25) is 0 Å². The van der Waals surface area contributed by atoms with E-state index in [-0.39, 0.29) is 11.9 Å². The summed E-state index contributed by atoms with van der Waals surface area (Å²) in [6, 6.07) is 1.43. The number of nitrogen functional groups attached to an aromatic ring is 1. The second kappa shape index (κ2) is 4.57. The molecule has 4 N–H and O–H groups in total. The molecule has 104 valence electrons. The van der Waals surface area contributed by atoms with Gasteiger partial charge in [-0.3, -0.25) is 4.57 Å². The molecule has 0 radical (unpaired) electrons. The highest BCUT2D eigenvalue weighted by molar-refractivity contribution is 5.23. The lowest BCUT2D eigenvalue weighted by atomic mass is 10.0. The van der Waals surface area contributed by atoms with Crippen LogP contribution in [-0.4, -0.2) is 50.8 Å². The van der Waals surface area contributed by atoms with Crippen molar-refractivity contribution in [3.05, 3.63) is 22.7 Å². The molecule has 2 aliphatic rings. The van der Waals surface area contributed by atoms with Crippen LogP contribution in [0.2, 0.25) is 0 Å². The highest BCUT2D eigenvalue weighted by Crippen LogP contribution is 2.34. The predicted molar refractivity (Wildman–Crippen MR) is 63.2 cm³/mol. The van der Waals surface area contributed by atoms with Gasteiger partial charge in [-0.2, -0.15) is 4.98 Å². The normalized spacial score (nSPS) is 38.1. The number of rotatable bonds is 2. The van der Waals surface area contributed by atoms with Gasteiger partial charge in [0.05, 0.1) is 6.10 Å². The van der Waals surface area contributed by atoms with Gasteiger partial charge in [0, 0.05) is 12.8 Å². The Hall–Kier alpha value is -1.48. The van der Waals surface area contributed by atoms with Crippen molar-refractivity contribution >= 4 is 5.82 Å². The standard InChI is InChI=1S/C11H15N3O5/c12-6-1-3-14(11(17)13-6)10-8(16)7(15)9(19-10)5-2-4-18-5/h1,3,5,7-10,15-16H,2,4H2,(H2,12,13,17)/t5?,7-,8+,9+,10+/m0/s1. The molecular formula is C11H15N3O5. The summed E-state index contributed by atoms with van der Waals surface area (Å²) >= 11 is 0. The van der Waals surface area contributed by atoms with Gasteiger partial charge in [0.15, 0.2) is 6.23 Å². The summed E-state index contributed by atoms with van der Waals surface area (Å²) in [5.41, 5.74) is 4.76. The number of aliphatic hydroxyl groups excluding tert-OH is 2. The first kappa shape index (κ1) is 12.5. The first-order valence-electron chi connectivity index (χ1n) is 6.06. The van der Waals surface area contributed by atoms with E-state index < -0.39 is 30.2 Å². The highest BCUT2D eigenvalue weighted by atomic mass is 16.6. The number of nitrogens with two attached hydrogens (primary N) is 1. The Bertz CT molecular complexity index is 529. The van der Waals surface area contributed by atoms with E-state index in [1.807, 2.05) is 0 Å².